The van der Waals surface area contributed by atoms with Crippen LogP contribution in [0, 0.1) is 11.3 Å². The van der Waals surface area contributed by atoms with Gasteiger partial charge in [-0.05, 0) is 65.4 Å². The minimum absolute atomic E-state index is 0.553. The molecule has 0 atom stereocenters. The largest absolute Gasteiger partial charge is 0.308 e. The lowest BCUT2D eigenvalue weighted by Gasteiger charge is -2.11. The average molecular weight is 611 g/mol. The first-order valence-electron chi connectivity index (χ1n) is 15.9. The minimum Gasteiger partial charge on any atom is -0.308 e. The zero-order valence-electron chi connectivity index (χ0n) is 25.4. The first kappa shape index (κ1) is 25.4. The van der Waals surface area contributed by atoms with E-state index in [0.29, 0.717) is 17.2 Å². The molecule has 0 bridgehead atoms. The molecular formula is C42H22N6. The van der Waals surface area contributed by atoms with Crippen LogP contribution in [0.5, 0.6) is 0 Å². The molecule has 0 amide bonds. The molecule has 0 saturated carbocycles. The van der Waals surface area contributed by atoms with Crippen molar-refractivity contribution < 1.29 is 0 Å². The number of nitrogens with zero attached hydrogens (tertiary/aromatic N) is 6. The minimum atomic E-state index is 0.553. The molecule has 0 spiro atoms. The van der Waals surface area contributed by atoms with Crippen LogP contribution < -0.4 is 0 Å². The Hall–Kier alpha value is -6.84. The molecule has 5 heterocycles. The van der Waals surface area contributed by atoms with Crippen LogP contribution in [-0.4, -0.2) is 23.9 Å². The molecule has 0 unspecified atom stereocenters. The van der Waals surface area contributed by atoms with Crippen molar-refractivity contribution in [2.45, 2.75) is 0 Å². The van der Waals surface area contributed by atoms with E-state index in [4.69, 9.17) is 15.0 Å². The van der Waals surface area contributed by atoms with Crippen LogP contribution in [0.3, 0.4) is 0 Å². The van der Waals surface area contributed by atoms with Gasteiger partial charge in [0.05, 0.1) is 44.9 Å². The average Bonchev–Trinajstić information content (AvgIpc) is 3.77. The van der Waals surface area contributed by atoms with Gasteiger partial charge in [0.25, 0.3) is 0 Å². The van der Waals surface area contributed by atoms with Gasteiger partial charge in [-0.2, -0.15) is 10.2 Å². The highest BCUT2D eigenvalue weighted by molar-refractivity contribution is 6.36. The number of pyridine rings is 1. The molecule has 48 heavy (non-hydrogen) atoms. The Labute approximate surface area is 272 Å². The summed E-state index contributed by atoms with van der Waals surface area (Å²) < 4.78 is 4.65. The molecule has 0 aliphatic rings. The van der Waals surface area contributed by atoms with Gasteiger partial charge < -0.3 is 4.40 Å². The molecule has 0 fully saturated rings. The Morgan fingerprint density at radius 2 is 1.25 bits per heavy atom. The van der Waals surface area contributed by atoms with Crippen molar-refractivity contribution in [3.8, 4) is 23.3 Å². The summed E-state index contributed by atoms with van der Waals surface area (Å²) in [5, 5.41) is 19.9. The van der Waals surface area contributed by atoms with E-state index in [0.717, 1.165) is 38.4 Å². The van der Waals surface area contributed by atoms with E-state index in [-0.39, 0.29) is 0 Å². The Morgan fingerprint density at radius 1 is 0.542 bits per heavy atom. The third-order valence-electron chi connectivity index (χ3n) is 9.91. The normalized spacial score (nSPS) is 12.1. The highest BCUT2D eigenvalue weighted by Crippen LogP contribution is 2.47. The first-order chi connectivity index (χ1) is 23.8. The highest BCUT2D eigenvalue weighted by Gasteiger charge is 2.25. The van der Waals surface area contributed by atoms with E-state index >= 15 is 0 Å². The molecule has 6 nitrogen and oxygen atoms in total. The van der Waals surface area contributed by atoms with Crippen LogP contribution >= 0.6 is 0 Å². The zero-order valence-corrected chi connectivity index (χ0v) is 25.4. The van der Waals surface area contributed by atoms with Crippen LogP contribution in [0.1, 0.15) is 5.56 Å². The van der Waals surface area contributed by atoms with Crippen LogP contribution in [0.15, 0.2) is 134 Å². The van der Waals surface area contributed by atoms with Crippen LogP contribution in [0.2, 0.25) is 0 Å². The molecule has 0 radical (unpaired) electrons. The number of hydrogen-bond donors (Lipinski definition) is 0. The number of aromatic nitrogens is 5. The number of hydrogen-bond acceptors (Lipinski definition) is 4. The number of nitriles is 1. The predicted octanol–water partition coefficient (Wildman–Crippen LogP) is 9.96. The molecule has 0 aliphatic carbocycles. The molecule has 0 aliphatic heterocycles. The fourth-order valence-corrected chi connectivity index (χ4v) is 7.89. The second-order valence-corrected chi connectivity index (χ2v) is 12.4. The molecule has 0 saturated heterocycles. The van der Waals surface area contributed by atoms with Gasteiger partial charge in [-0.3, -0.25) is 4.57 Å². The van der Waals surface area contributed by atoms with Crippen molar-refractivity contribution in [3.63, 3.8) is 0 Å². The maximum absolute atomic E-state index is 9.46. The summed E-state index contributed by atoms with van der Waals surface area (Å²) in [5.74, 6) is 0.553. The topological polar surface area (TPSA) is 71.8 Å². The second kappa shape index (κ2) is 9.12. The van der Waals surface area contributed by atoms with Crippen LogP contribution in [0.4, 0.5) is 0 Å². The molecule has 5 aromatic heterocycles. The van der Waals surface area contributed by atoms with Crippen molar-refractivity contribution in [3.05, 3.63) is 139 Å². The standard InChI is InChI=1S/C42H22N6/c43-23-24-15-17-25(18-16-24)39-30-12-7-19-44-41(30)46-42(45-39)48-35-21-27-9-2-1-8-26(27)20-32(35)37-36(48)22-31-28-10-3-5-13-33(28)47-34-14-6-4-11-29(34)38(37)40(31)47/h1-22H. The molecule has 6 heteroatoms. The summed E-state index contributed by atoms with van der Waals surface area (Å²) in [6.45, 7) is 0. The van der Waals surface area contributed by atoms with E-state index in [1.165, 1.54) is 48.9 Å². The van der Waals surface area contributed by atoms with Gasteiger partial charge in [0.2, 0.25) is 5.95 Å². The van der Waals surface area contributed by atoms with E-state index < -0.39 is 0 Å². The number of para-hydroxylation sites is 2. The lowest BCUT2D eigenvalue weighted by Crippen LogP contribution is -2.04. The first-order valence-corrected chi connectivity index (χ1v) is 15.9. The summed E-state index contributed by atoms with van der Waals surface area (Å²) in [4.78, 5) is 15.2. The van der Waals surface area contributed by atoms with Crippen molar-refractivity contribution in [2.75, 3.05) is 0 Å². The van der Waals surface area contributed by atoms with Gasteiger partial charge >= 0.3 is 0 Å². The zero-order chi connectivity index (χ0) is 31.5. The SMILES string of the molecule is N#Cc1ccc(-c2nc(-n3c4cc5ccccc5cc4c4c5c6ccccc6n6c7ccccc7c(cc43)c56)nc3ncccc23)cc1. The Morgan fingerprint density at radius 3 is 2.06 bits per heavy atom. The third-order valence-corrected chi connectivity index (χ3v) is 9.91. The lowest BCUT2D eigenvalue weighted by molar-refractivity contribution is 1.01. The van der Waals surface area contributed by atoms with Crippen LogP contribution in [-0.2, 0) is 0 Å². The lowest BCUT2D eigenvalue weighted by atomic mass is 10.0. The van der Waals surface area contributed by atoms with Crippen molar-refractivity contribution in [1.82, 2.24) is 23.9 Å². The summed E-state index contributed by atoms with van der Waals surface area (Å²) in [5.41, 5.74) is 8.60. The van der Waals surface area contributed by atoms with E-state index in [1.54, 1.807) is 6.20 Å². The summed E-state index contributed by atoms with van der Waals surface area (Å²) in [6.07, 6.45) is 1.77. The Kier molecular flexibility index (Phi) is 4.82. The summed E-state index contributed by atoms with van der Waals surface area (Å²) in [6, 6.07) is 46.6. The van der Waals surface area contributed by atoms with E-state index in [2.05, 4.69) is 106 Å². The highest BCUT2D eigenvalue weighted by atomic mass is 15.2. The monoisotopic (exact) mass is 610 g/mol. The smallest absolute Gasteiger partial charge is 0.237 e. The van der Waals surface area contributed by atoms with E-state index in [9.17, 15) is 5.26 Å². The quantitative estimate of drug-likeness (QED) is 0.195. The second-order valence-electron chi connectivity index (χ2n) is 12.4. The van der Waals surface area contributed by atoms with Gasteiger partial charge in [0.1, 0.15) is 0 Å². The molecule has 11 rings (SSSR count). The molecule has 6 aromatic carbocycles. The Balaban J connectivity index is 1.38. The maximum atomic E-state index is 9.46. The van der Waals surface area contributed by atoms with Gasteiger partial charge in [-0.25, -0.2) is 9.97 Å². The molecule has 220 valence electrons. The van der Waals surface area contributed by atoms with Crippen molar-refractivity contribution in [2.24, 2.45) is 0 Å². The van der Waals surface area contributed by atoms with Gasteiger partial charge in [0.15, 0.2) is 5.65 Å². The van der Waals surface area contributed by atoms with Crippen LogP contribution in [0.25, 0.3) is 98.9 Å². The van der Waals surface area contributed by atoms with Gasteiger partial charge in [0, 0.05) is 49.5 Å². The molecule has 0 N–H and O–H groups in total. The number of benzene rings is 6. The van der Waals surface area contributed by atoms with Crippen molar-refractivity contribution >= 4 is 81.7 Å². The third kappa shape index (κ3) is 3.22. The summed E-state index contributed by atoms with van der Waals surface area (Å²) in [7, 11) is 0. The molecule has 11 aromatic rings. The maximum Gasteiger partial charge on any atom is 0.237 e. The summed E-state index contributed by atoms with van der Waals surface area (Å²) >= 11 is 0. The number of rotatable bonds is 2. The predicted molar refractivity (Wildman–Crippen MR) is 194 cm³/mol. The Bertz CT molecular complexity index is 3180. The number of fused-ring (bicyclic) bond motifs is 12. The fourth-order valence-electron chi connectivity index (χ4n) is 7.89. The van der Waals surface area contributed by atoms with Gasteiger partial charge in [-0.15, -0.1) is 0 Å². The van der Waals surface area contributed by atoms with E-state index in [1.807, 2.05) is 36.4 Å². The molecular weight excluding hydrogens is 589 g/mol. The van der Waals surface area contributed by atoms with Crippen molar-refractivity contribution in [1.29, 1.82) is 5.26 Å². The fraction of sp³-hybridized carbons (Fsp3) is 0. The van der Waals surface area contributed by atoms with Gasteiger partial charge in [-0.1, -0.05) is 72.8 Å².